The number of nitrogens with two attached hydrogens (primary N) is 1. The van der Waals surface area contributed by atoms with Gasteiger partial charge in [-0.05, 0) is 19.1 Å². The number of nitrogens with zero attached hydrogens (tertiary/aromatic N) is 1. The van der Waals surface area contributed by atoms with Gasteiger partial charge in [0.2, 0.25) is 5.91 Å². The molecule has 2 atom stereocenters. The van der Waals surface area contributed by atoms with Crippen molar-refractivity contribution in [2.75, 3.05) is 19.0 Å². The van der Waals surface area contributed by atoms with Crippen molar-refractivity contribution >= 4 is 17.3 Å². The SMILES string of the molecule is CCOC1CC(N)(C(=O)Nc2ccc(OC)c([N+](=O)[O-])c2)C1(C)C. The summed E-state index contributed by atoms with van der Waals surface area (Å²) in [5.41, 5.74) is 4.74. The summed E-state index contributed by atoms with van der Waals surface area (Å²) < 4.78 is 10.5. The summed E-state index contributed by atoms with van der Waals surface area (Å²) in [5, 5.41) is 13.7. The lowest BCUT2D eigenvalue weighted by atomic mass is 9.54. The van der Waals surface area contributed by atoms with Gasteiger partial charge < -0.3 is 20.5 Å². The molecule has 8 heteroatoms. The highest BCUT2D eigenvalue weighted by molar-refractivity contribution is 6.00. The standard InChI is InChI=1S/C16H23N3O5/c1-5-24-13-9-16(17,15(13,2)3)14(20)18-10-6-7-12(23-4)11(8-10)19(21)22/h6-8,13H,5,9,17H2,1-4H3,(H,18,20). The van der Waals surface area contributed by atoms with Gasteiger partial charge in [0, 0.05) is 30.2 Å². The summed E-state index contributed by atoms with van der Waals surface area (Å²) in [6, 6.07) is 4.23. The monoisotopic (exact) mass is 337 g/mol. The molecule has 0 saturated heterocycles. The van der Waals surface area contributed by atoms with Crippen LogP contribution in [0.4, 0.5) is 11.4 Å². The number of methoxy groups -OCH3 is 1. The van der Waals surface area contributed by atoms with Gasteiger partial charge in [-0.2, -0.15) is 0 Å². The van der Waals surface area contributed by atoms with Crippen LogP contribution >= 0.6 is 0 Å². The van der Waals surface area contributed by atoms with Gasteiger partial charge in [-0.1, -0.05) is 13.8 Å². The molecule has 3 N–H and O–H groups in total. The summed E-state index contributed by atoms with van der Waals surface area (Å²) in [5.74, 6) is -0.260. The number of carbonyl (C=O) groups excluding carboxylic acids is 1. The Balaban J connectivity index is 2.19. The third-order valence-corrected chi connectivity index (χ3v) is 4.87. The van der Waals surface area contributed by atoms with Crippen LogP contribution in [-0.2, 0) is 9.53 Å². The van der Waals surface area contributed by atoms with Gasteiger partial charge in [-0.25, -0.2) is 0 Å². The zero-order valence-electron chi connectivity index (χ0n) is 14.3. The molecule has 0 spiro atoms. The fraction of sp³-hybridized carbons (Fsp3) is 0.562. The van der Waals surface area contributed by atoms with Crippen molar-refractivity contribution in [3.8, 4) is 5.75 Å². The van der Waals surface area contributed by atoms with Crippen molar-refractivity contribution in [1.29, 1.82) is 0 Å². The summed E-state index contributed by atoms with van der Waals surface area (Å²) >= 11 is 0. The van der Waals surface area contributed by atoms with E-state index in [1.54, 1.807) is 6.07 Å². The number of anilines is 1. The van der Waals surface area contributed by atoms with Crippen molar-refractivity contribution in [2.24, 2.45) is 11.1 Å². The highest BCUT2D eigenvalue weighted by Crippen LogP contribution is 2.50. The first kappa shape index (κ1) is 18.2. The van der Waals surface area contributed by atoms with E-state index in [1.807, 2.05) is 20.8 Å². The average molecular weight is 337 g/mol. The fourth-order valence-electron chi connectivity index (χ4n) is 2.97. The maximum Gasteiger partial charge on any atom is 0.312 e. The first-order valence-corrected chi connectivity index (χ1v) is 7.71. The molecule has 1 aromatic carbocycles. The molecule has 2 unspecified atom stereocenters. The van der Waals surface area contributed by atoms with Crippen LogP contribution in [0.3, 0.4) is 0 Å². The Morgan fingerprint density at radius 3 is 2.67 bits per heavy atom. The normalized spacial score (nSPS) is 24.8. The van der Waals surface area contributed by atoms with Crippen molar-refractivity contribution in [1.82, 2.24) is 0 Å². The summed E-state index contributed by atoms with van der Waals surface area (Å²) in [4.78, 5) is 23.1. The van der Waals surface area contributed by atoms with Crippen LogP contribution in [0.25, 0.3) is 0 Å². The number of hydrogen-bond donors (Lipinski definition) is 2. The number of carbonyl (C=O) groups is 1. The molecule has 1 aliphatic rings. The molecule has 0 aromatic heterocycles. The van der Waals surface area contributed by atoms with E-state index in [2.05, 4.69) is 5.32 Å². The number of amides is 1. The Bertz CT molecular complexity index is 661. The molecule has 2 rings (SSSR count). The number of rotatable bonds is 6. The van der Waals surface area contributed by atoms with Crippen LogP contribution in [0, 0.1) is 15.5 Å². The third kappa shape index (κ3) is 2.83. The maximum absolute atomic E-state index is 12.6. The molecule has 0 aliphatic heterocycles. The van der Waals surface area contributed by atoms with E-state index in [9.17, 15) is 14.9 Å². The van der Waals surface area contributed by atoms with E-state index in [0.717, 1.165) is 0 Å². The van der Waals surface area contributed by atoms with E-state index in [0.29, 0.717) is 18.7 Å². The molecule has 0 heterocycles. The minimum absolute atomic E-state index is 0.0940. The van der Waals surface area contributed by atoms with Crippen LogP contribution in [0.2, 0.25) is 0 Å². The maximum atomic E-state index is 12.6. The number of nitro groups is 1. The molecule has 1 aromatic rings. The van der Waals surface area contributed by atoms with Crippen LogP contribution in [0.15, 0.2) is 18.2 Å². The number of nitro benzene ring substituents is 1. The van der Waals surface area contributed by atoms with E-state index in [1.165, 1.54) is 19.2 Å². The van der Waals surface area contributed by atoms with Gasteiger partial charge in [-0.3, -0.25) is 14.9 Å². The Morgan fingerprint density at radius 2 is 2.17 bits per heavy atom. The Labute approximate surface area is 140 Å². The zero-order chi connectivity index (χ0) is 18.1. The van der Waals surface area contributed by atoms with Gasteiger partial charge in [0.1, 0.15) is 5.54 Å². The van der Waals surface area contributed by atoms with Crippen LogP contribution in [0.1, 0.15) is 27.2 Å². The van der Waals surface area contributed by atoms with Gasteiger partial charge >= 0.3 is 5.69 Å². The predicted octanol–water partition coefficient (Wildman–Crippen LogP) is 2.07. The minimum atomic E-state index is -1.10. The lowest BCUT2D eigenvalue weighted by molar-refractivity contribution is -0.385. The third-order valence-electron chi connectivity index (χ3n) is 4.87. The molecule has 1 saturated carbocycles. The van der Waals surface area contributed by atoms with Crippen LogP contribution in [-0.4, -0.2) is 36.2 Å². The number of benzene rings is 1. The molecular weight excluding hydrogens is 314 g/mol. The van der Waals surface area contributed by atoms with Gasteiger partial charge in [0.15, 0.2) is 5.75 Å². The van der Waals surface area contributed by atoms with Crippen molar-refractivity contribution in [2.45, 2.75) is 38.8 Å². The molecule has 0 radical (unpaired) electrons. The lowest BCUT2D eigenvalue weighted by Gasteiger charge is -2.57. The molecule has 1 fully saturated rings. The minimum Gasteiger partial charge on any atom is -0.490 e. The van der Waals surface area contributed by atoms with E-state index in [-0.39, 0.29) is 23.4 Å². The molecular formula is C16H23N3O5. The number of ether oxygens (including phenoxy) is 2. The second kappa shape index (κ2) is 6.37. The van der Waals surface area contributed by atoms with Gasteiger partial charge in [0.25, 0.3) is 0 Å². The Hall–Kier alpha value is -2.19. The Morgan fingerprint density at radius 1 is 1.50 bits per heavy atom. The summed E-state index contributed by atoms with van der Waals surface area (Å²) in [7, 11) is 1.35. The smallest absolute Gasteiger partial charge is 0.312 e. The molecule has 0 bridgehead atoms. The highest BCUT2D eigenvalue weighted by atomic mass is 16.6. The Kier molecular flexibility index (Phi) is 4.82. The predicted molar refractivity (Wildman–Crippen MR) is 89.0 cm³/mol. The van der Waals surface area contributed by atoms with Gasteiger partial charge in [0.05, 0.1) is 18.1 Å². The quantitative estimate of drug-likeness (QED) is 0.606. The largest absolute Gasteiger partial charge is 0.490 e. The first-order valence-electron chi connectivity index (χ1n) is 7.71. The van der Waals surface area contributed by atoms with Crippen molar-refractivity contribution in [3.63, 3.8) is 0 Å². The first-order chi connectivity index (χ1) is 11.2. The molecule has 1 aliphatic carbocycles. The zero-order valence-corrected chi connectivity index (χ0v) is 14.3. The van der Waals surface area contributed by atoms with Crippen molar-refractivity contribution < 1.29 is 19.2 Å². The molecule has 1 amide bonds. The van der Waals surface area contributed by atoms with E-state index >= 15 is 0 Å². The van der Waals surface area contributed by atoms with Gasteiger partial charge in [-0.15, -0.1) is 0 Å². The number of hydrogen-bond acceptors (Lipinski definition) is 6. The molecule has 8 nitrogen and oxygen atoms in total. The van der Waals surface area contributed by atoms with Crippen LogP contribution in [0.5, 0.6) is 5.75 Å². The fourth-order valence-corrected chi connectivity index (χ4v) is 2.97. The van der Waals surface area contributed by atoms with Crippen LogP contribution < -0.4 is 15.8 Å². The summed E-state index contributed by atoms with van der Waals surface area (Å²) in [6.07, 6.45) is 0.307. The number of nitrogens with one attached hydrogen (secondary N) is 1. The van der Waals surface area contributed by atoms with Crippen molar-refractivity contribution in [3.05, 3.63) is 28.3 Å². The second-order valence-corrected chi connectivity index (χ2v) is 6.44. The molecule has 132 valence electrons. The average Bonchev–Trinajstić information content (AvgIpc) is 2.54. The topological polar surface area (TPSA) is 117 Å². The lowest BCUT2D eigenvalue weighted by Crippen LogP contribution is -2.74. The van der Waals surface area contributed by atoms with E-state index in [4.69, 9.17) is 15.2 Å². The van der Waals surface area contributed by atoms with E-state index < -0.39 is 15.9 Å². The highest BCUT2D eigenvalue weighted by Gasteiger charge is 2.62. The second-order valence-electron chi connectivity index (χ2n) is 6.44. The summed E-state index contributed by atoms with van der Waals surface area (Å²) in [6.45, 7) is 6.21. The molecule has 24 heavy (non-hydrogen) atoms.